The number of benzene rings is 2. The predicted octanol–water partition coefficient (Wildman–Crippen LogP) is 3.68. The second kappa shape index (κ2) is 9.09. The first-order valence-electron chi connectivity index (χ1n) is 9.49. The first-order valence-corrected chi connectivity index (χ1v) is 11.1. The fraction of sp³-hybridized carbons (Fsp3) is 0.0909. The van der Waals surface area contributed by atoms with Crippen LogP contribution in [0.3, 0.4) is 0 Å². The van der Waals surface area contributed by atoms with E-state index in [1.165, 1.54) is 0 Å². The van der Waals surface area contributed by atoms with E-state index in [0.717, 1.165) is 5.56 Å². The number of amides is 2. The van der Waals surface area contributed by atoms with E-state index >= 15 is 0 Å². The molecule has 0 aliphatic rings. The van der Waals surface area contributed by atoms with Gasteiger partial charge in [-0.2, -0.15) is 0 Å². The number of imidazole rings is 1. The molecule has 162 valence electrons. The summed E-state index contributed by atoms with van der Waals surface area (Å²) < 4.78 is 0.919. The standard InChI is InChI=1S/C22H17Br2N5O3/c23-14-8-11(9-15(24)19(14)30)10-17(20(25)31)28-22(32)13-2-1-3-16-18(13)29-21(27-16)12-4-6-26-7-5-12/h1-9,17,30H,10H2,(H2,25,31)(H,27,29)(H,28,32). The second-order valence-corrected chi connectivity index (χ2v) is 8.77. The number of nitrogens with one attached hydrogen (secondary N) is 2. The molecule has 32 heavy (non-hydrogen) atoms. The number of fused-ring (bicyclic) bond motifs is 1. The van der Waals surface area contributed by atoms with Gasteiger partial charge in [0, 0.05) is 24.4 Å². The summed E-state index contributed by atoms with van der Waals surface area (Å²) in [6, 6.07) is 11.2. The monoisotopic (exact) mass is 557 g/mol. The van der Waals surface area contributed by atoms with Gasteiger partial charge < -0.3 is 21.1 Å². The molecule has 0 saturated heterocycles. The number of nitrogens with two attached hydrogens (primary N) is 1. The van der Waals surface area contributed by atoms with Crippen molar-refractivity contribution in [2.24, 2.45) is 5.73 Å². The zero-order valence-electron chi connectivity index (χ0n) is 16.5. The lowest BCUT2D eigenvalue weighted by Gasteiger charge is -2.16. The summed E-state index contributed by atoms with van der Waals surface area (Å²) in [5.74, 6) is -0.494. The SMILES string of the molecule is NC(=O)C(Cc1cc(Br)c(O)c(Br)c1)NC(=O)c1cccc2[nH]c(-c3ccncc3)nc12. The Hall–Kier alpha value is -3.24. The number of hydrogen-bond acceptors (Lipinski definition) is 5. The molecule has 10 heteroatoms. The number of primary amides is 1. The summed E-state index contributed by atoms with van der Waals surface area (Å²) >= 11 is 6.52. The number of pyridine rings is 1. The summed E-state index contributed by atoms with van der Waals surface area (Å²) in [7, 11) is 0. The van der Waals surface area contributed by atoms with Crippen molar-refractivity contribution in [3.8, 4) is 17.1 Å². The lowest BCUT2D eigenvalue weighted by molar-refractivity contribution is -0.119. The first kappa shape index (κ1) is 22.0. The molecule has 0 saturated carbocycles. The highest BCUT2D eigenvalue weighted by Crippen LogP contribution is 2.33. The molecule has 5 N–H and O–H groups in total. The van der Waals surface area contributed by atoms with Crippen molar-refractivity contribution in [3.63, 3.8) is 0 Å². The molecule has 1 unspecified atom stereocenters. The molecule has 0 bridgehead atoms. The molecule has 8 nitrogen and oxygen atoms in total. The van der Waals surface area contributed by atoms with Crippen LogP contribution in [0.1, 0.15) is 15.9 Å². The van der Waals surface area contributed by atoms with Crippen LogP contribution in [-0.4, -0.2) is 37.9 Å². The minimum atomic E-state index is -0.959. The Morgan fingerprint density at radius 3 is 2.47 bits per heavy atom. The molecule has 0 spiro atoms. The van der Waals surface area contributed by atoms with Gasteiger partial charge in [0.25, 0.3) is 5.91 Å². The van der Waals surface area contributed by atoms with Crippen molar-refractivity contribution >= 4 is 54.7 Å². The smallest absolute Gasteiger partial charge is 0.254 e. The maximum atomic E-state index is 13.1. The van der Waals surface area contributed by atoms with E-state index in [1.807, 2.05) is 18.2 Å². The molecule has 2 amide bonds. The average Bonchev–Trinajstić information content (AvgIpc) is 3.22. The van der Waals surface area contributed by atoms with Crippen molar-refractivity contribution in [1.82, 2.24) is 20.3 Å². The number of hydrogen-bond donors (Lipinski definition) is 4. The van der Waals surface area contributed by atoms with Crippen molar-refractivity contribution in [2.45, 2.75) is 12.5 Å². The Balaban J connectivity index is 1.61. The number of aromatic hydroxyl groups is 1. The van der Waals surface area contributed by atoms with Gasteiger partial charge in [-0.05, 0) is 73.8 Å². The van der Waals surface area contributed by atoms with Gasteiger partial charge in [0.15, 0.2) is 0 Å². The van der Waals surface area contributed by atoms with E-state index in [4.69, 9.17) is 5.73 Å². The molecule has 1 atom stereocenters. The fourth-order valence-electron chi connectivity index (χ4n) is 3.29. The number of phenolic OH excluding ortho intramolecular Hbond substituents is 1. The molecule has 0 aliphatic carbocycles. The van der Waals surface area contributed by atoms with Crippen LogP contribution in [-0.2, 0) is 11.2 Å². The predicted molar refractivity (Wildman–Crippen MR) is 127 cm³/mol. The van der Waals surface area contributed by atoms with Crippen LogP contribution < -0.4 is 11.1 Å². The number of nitrogens with zero attached hydrogens (tertiary/aromatic N) is 2. The van der Waals surface area contributed by atoms with E-state index in [1.54, 1.807) is 36.7 Å². The van der Waals surface area contributed by atoms with E-state index in [9.17, 15) is 14.7 Å². The minimum absolute atomic E-state index is 0.0450. The van der Waals surface area contributed by atoms with Crippen LogP contribution in [0.5, 0.6) is 5.75 Å². The maximum absolute atomic E-state index is 13.1. The first-order chi connectivity index (χ1) is 15.3. The second-order valence-electron chi connectivity index (χ2n) is 7.06. The van der Waals surface area contributed by atoms with Gasteiger partial charge in [-0.3, -0.25) is 14.6 Å². The Morgan fingerprint density at radius 2 is 1.81 bits per heavy atom. The molecule has 0 radical (unpaired) electrons. The quantitative estimate of drug-likeness (QED) is 0.286. The number of phenols is 1. The summed E-state index contributed by atoms with van der Waals surface area (Å²) in [5, 5.41) is 12.6. The molecular formula is C22H17Br2N5O3. The van der Waals surface area contributed by atoms with Gasteiger partial charge in [-0.15, -0.1) is 0 Å². The van der Waals surface area contributed by atoms with E-state index < -0.39 is 17.9 Å². The van der Waals surface area contributed by atoms with Crippen LogP contribution in [0.25, 0.3) is 22.4 Å². The number of H-pyrrole nitrogens is 1. The van der Waals surface area contributed by atoms with Crippen LogP contribution in [0.2, 0.25) is 0 Å². The number of aromatic amines is 1. The number of aromatic nitrogens is 3. The average molecular weight is 559 g/mol. The largest absolute Gasteiger partial charge is 0.506 e. The molecule has 0 fully saturated rings. The third-order valence-electron chi connectivity index (χ3n) is 4.88. The highest BCUT2D eigenvalue weighted by molar-refractivity contribution is 9.11. The van der Waals surface area contributed by atoms with Gasteiger partial charge in [-0.25, -0.2) is 4.98 Å². The zero-order chi connectivity index (χ0) is 22.8. The Labute approximate surface area is 199 Å². The van der Waals surface area contributed by atoms with Crippen molar-refractivity contribution in [2.75, 3.05) is 0 Å². The molecule has 4 rings (SSSR count). The topological polar surface area (TPSA) is 134 Å². The fourth-order valence-corrected chi connectivity index (χ4v) is 4.57. The summed E-state index contributed by atoms with van der Waals surface area (Å²) in [5.41, 5.74) is 8.57. The van der Waals surface area contributed by atoms with E-state index in [0.29, 0.717) is 36.9 Å². The highest BCUT2D eigenvalue weighted by Gasteiger charge is 2.22. The summed E-state index contributed by atoms with van der Waals surface area (Å²) in [6.07, 6.45) is 3.47. The Kier molecular flexibility index (Phi) is 6.24. The third kappa shape index (κ3) is 4.51. The molecule has 2 aromatic carbocycles. The Bertz CT molecular complexity index is 1300. The molecular weight excluding hydrogens is 542 g/mol. The lowest BCUT2D eigenvalue weighted by Crippen LogP contribution is -2.45. The van der Waals surface area contributed by atoms with Crippen molar-refractivity contribution in [1.29, 1.82) is 0 Å². The van der Waals surface area contributed by atoms with Gasteiger partial charge in [0.1, 0.15) is 23.1 Å². The van der Waals surface area contributed by atoms with E-state index in [-0.39, 0.29) is 12.2 Å². The normalized spacial score (nSPS) is 11.9. The Morgan fingerprint density at radius 1 is 1.12 bits per heavy atom. The van der Waals surface area contributed by atoms with Gasteiger partial charge in [0.2, 0.25) is 5.91 Å². The van der Waals surface area contributed by atoms with Gasteiger partial charge >= 0.3 is 0 Å². The van der Waals surface area contributed by atoms with Gasteiger partial charge in [-0.1, -0.05) is 6.07 Å². The zero-order valence-corrected chi connectivity index (χ0v) is 19.6. The van der Waals surface area contributed by atoms with Crippen molar-refractivity contribution in [3.05, 3.63) is 74.9 Å². The number of carbonyl (C=O) groups is 2. The van der Waals surface area contributed by atoms with Crippen LogP contribution in [0.15, 0.2) is 63.8 Å². The van der Waals surface area contributed by atoms with E-state index in [2.05, 4.69) is 52.1 Å². The van der Waals surface area contributed by atoms with Gasteiger partial charge in [0.05, 0.1) is 20.0 Å². The molecule has 2 aromatic heterocycles. The summed E-state index contributed by atoms with van der Waals surface area (Å²) in [4.78, 5) is 36.9. The number of rotatable bonds is 6. The molecule has 4 aromatic rings. The number of carbonyl (C=O) groups excluding carboxylic acids is 2. The maximum Gasteiger partial charge on any atom is 0.254 e. The lowest BCUT2D eigenvalue weighted by atomic mass is 10.0. The number of para-hydroxylation sites is 1. The van der Waals surface area contributed by atoms with Crippen molar-refractivity contribution < 1.29 is 14.7 Å². The summed E-state index contributed by atoms with van der Waals surface area (Å²) in [6.45, 7) is 0. The minimum Gasteiger partial charge on any atom is -0.506 e. The molecule has 2 heterocycles. The van der Waals surface area contributed by atoms with Crippen LogP contribution in [0, 0.1) is 0 Å². The third-order valence-corrected chi connectivity index (χ3v) is 6.09. The highest BCUT2D eigenvalue weighted by atomic mass is 79.9. The number of halogens is 2. The van der Waals surface area contributed by atoms with Crippen LogP contribution >= 0.6 is 31.9 Å². The van der Waals surface area contributed by atoms with Crippen LogP contribution in [0.4, 0.5) is 0 Å². The molecule has 0 aliphatic heterocycles.